The van der Waals surface area contributed by atoms with Crippen molar-refractivity contribution in [2.24, 2.45) is 0 Å². The lowest BCUT2D eigenvalue weighted by atomic mass is 9.63. The van der Waals surface area contributed by atoms with Crippen molar-refractivity contribution in [3.05, 3.63) is 23.8 Å². The van der Waals surface area contributed by atoms with Gasteiger partial charge in [0.05, 0.1) is 0 Å². The van der Waals surface area contributed by atoms with E-state index < -0.39 is 32.0 Å². The highest BCUT2D eigenvalue weighted by atomic mass is 16.7. The molecule has 3 amide bonds. The summed E-state index contributed by atoms with van der Waals surface area (Å²) in [6, 6.07) is 5.32. The van der Waals surface area contributed by atoms with Crippen LogP contribution in [-0.2, 0) is 37.8 Å². The summed E-state index contributed by atoms with van der Waals surface area (Å²) in [5.74, 6) is -1.83. The topological polar surface area (TPSA) is 130 Å². The first-order chi connectivity index (χ1) is 17.5. The molecule has 0 unspecified atom stereocenters. The van der Waals surface area contributed by atoms with Crippen LogP contribution < -0.4 is 16.2 Å². The van der Waals surface area contributed by atoms with Gasteiger partial charge < -0.3 is 28.8 Å². The van der Waals surface area contributed by atoms with Crippen molar-refractivity contribution in [1.29, 1.82) is 0 Å². The molecule has 1 aromatic rings. The number of imide groups is 1. The quantitative estimate of drug-likeness (QED) is 0.265. The minimum atomic E-state index is -0.617. The van der Waals surface area contributed by atoms with Gasteiger partial charge in [-0.05, 0) is 42.7 Å². The molecule has 3 fully saturated rings. The van der Waals surface area contributed by atoms with Gasteiger partial charge >= 0.3 is 20.2 Å². The fraction of sp³-hybridized carbons (Fsp3) is 0.565. The zero-order valence-corrected chi connectivity index (χ0v) is 20.2. The van der Waals surface area contributed by atoms with Gasteiger partial charge in [-0.25, -0.2) is 4.79 Å². The molecule has 0 aliphatic carbocycles. The molecule has 3 heterocycles. The molecule has 1 N–H and O–H groups in total. The van der Waals surface area contributed by atoms with Crippen LogP contribution in [-0.4, -0.2) is 76.0 Å². The van der Waals surface area contributed by atoms with E-state index >= 15 is 0 Å². The van der Waals surface area contributed by atoms with Crippen molar-refractivity contribution in [2.75, 3.05) is 33.0 Å². The Balaban J connectivity index is 1.23. The van der Waals surface area contributed by atoms with Crippen LogP contribution >= 0.6 is 0 Å². The normalized spacial score (nSPS) is 18.5. The zero-order chi connectivity index (χ0) is 25.3. The van der Waals surface area contributed by atoms with Gasteiger partial charge in [-0.2, -0.15) is 0 Å². The second-order valence-electron chi connectivity index (χ2n) is 8.81. The number of hydrogen-bond donors (Lipinski definition) is 1. The van der Waals surface area contributed by atoms with Gasteiger partial charge in [-0.1, -0.05) is 18.6 Å². The lowest BCUT2D eigenvalue weighted by Gasteiger charge is -2.26. The number of rotatable bonds is 10. The average molecular weight is 500 g/mol. The van der Waals surface area contributed by atoms with E-state index in [1.54, 1.807) is 12.1 Å². The zero-order valence-electron chi connectivity index (χ0n) is 20.2. The molecule has 0 atom stereocenters. The number of amides is 3. The van der Waals surface area contributed by atoms with Gasteiger partial charge in [0, 0.05) is 57.8 Å². The maximum Gasteiger partial charge on any atom is 0.493 e. The summed E-state index contributed by atoms with van der Waals surface area (Å²) in [7, 11) is -1.10. The predicted molar refractivity (Wildman–Crippen MR) is 128 cm³/mol. The van der Waals surface area contributed by atoms with Crippen LogP contribution in [0.15, 0.2) is 18.2 Å². The SMILES string of the molecule is O=C(CCCCCNC(=O)c1ccc(B2OCCCO2)c(B2OCCCO2)c1)ON1C(=O)CCC1=O. The number of nitrogens with one attached hydrogen (secondary N) is 1. The Bertz CT molecular complexity index is 949. The maximum atomic E-state index is 12.8. The highest BCUT2D eigenvalue weighted by molar-refractivity contribution is 6.74. The monoisotopic (exact) mass is 500 g/mol. The van der Waals surface area contributed by atoms with Crippen molar-refractivity contribution in [2.45, 2.75) is 51.4 Å². The molecule has 13 heteroatoms. The number of hydrogen-bond acceptors (Lipinski definition) is 9. The summed E-state index contributed by atoms with van der Waals surface area (Å²) < 4.78 is 23.1. The number of hydroxylamine groups is 2. The molecule has 36 heavy (non-hydrogen) atoms. The molecule has 0 bridgehead atoms. The lowest BCUT2D eigenvalue weighted by Crippen LogP contribution is -2.56. The van der Waals surface area contributed by atoms with E-state index in [-0.39, 0.29) is 25.2 Å². The van der Waals surface area contributed by atoms with Gasteiger partial charge in [0.15, 0.2) is 0 Å². The predicted octanol–water partition coefficient (Wildman–Crippen LogP) is -0.152. The van der Waals surface area contributed by atoms with Crippen molar-refractivity contribution >= 4 is 48.9 Å². The highest BCUT2D eigenvalue weighted by Gasteiger charge is 2.35. The van der Waals surface area contributed by atoms with Gasteiger partial charge in [0.25, 0.3) is 17.7 Å². The van der Waals surface area contributed by atoms with E-state index in [9.17, 15) is 19.2 Å². The summed E-state index contributed by atoms with van der Waals surface area (Å²) in [5, 5.41) is 3.44. The smallest absolute Gasteiger partial charge is 0.407 e. The molecule has 3 saturated heterocycles. The molecule has 0 spiro atoms. The largest absolute Gasteiger partial charge is 0.493 e. The second-order valence-corrected chi connectivity index (χ2v) is 8.81. The first-order valence-corrected chi connectivity index (χ1v) is 12.5. The molecule has 3 aliphatic rings. The van der Waals surface area contributed by atoms with Gasteiger partial charge in [0.2, 0.25) is 0 Å². The lowest BCUT2D eigenvalue weighted by molar-refractivity contribution is -0.197. The third kappa shape index (κ3) is 6.94. The first-order valence-electron chi connectivity index (χ1n) is 12.5. The fourth-order valence-electron chi connectivity index (χ4n) is 4.15. The van der Waals surface area contributed by atoms with Crippen LogP contribution in [0.5, 0.6) is 0 Å². The Morgan fingerprint density at radius 1 is 0.861 bits per heavy atom. The molecule has 3 aliphatic heterocycles. The van der Waals surface area contributed by atoms with Crippen LogP contribution in [0.1, 0.15) is 61.7 Å². The van der Waals surface area contributed by atoms with Gasteiger partial charge in [0.1, 0.15) is 0 Å². The van der Waals surface area contributed by atoms with Crippen molar-refractivity contribution in [1.82, 2.24) is 10.4 Å². The molecule has 192 valence electrons. The molecule has 0 aromatic heterocycles. The molecule has 0 radical (unpaired) electrons. The van der Waals surface area contributed by atoms with Gasteiger partial charge in [-0.3, -0.25) is 14.4 Å². The Morgan fingerprint density at radius 2 is 1.47 bits per heavy atom. The van der Waals surface area contributed by atoms with Crippen LogP contribution in [0.25, 0.3) is 0 Å². The summed E-state index contributed by atoms with van der Waals surface area (Å²) in [6.45, 7) is 2.78. The highest BCUT2D eigenvalue weighted by Crippen LogP contribution is 2.13. The molecular weight excluding hydrogens is 470 g/mol. The van der Waals surface area contributed by atoms with Crippen LogP contribution in [0.3, 0.4) is 0 Å². The molecule has 11 nitrogen and oxygen atoms in total. The number of nitrogens with zero attached hydrogens (tertiary/aromatic N) is 1. The maximum absolute atomic E-state index is 12.8. The second kappa shape index (κ2) is 13.0. The van der Waals surface area contributed by atoms with Gasteiger partial charge in [-0.15, -0.1) is 5.06 Å². The summed E-state index contributed by atoms with van der Waals surface area (Å²) in [5.41, 5.74) is 2.00. The van der Waals surface area contributed by atoms with Crippen LogP contribution in [0.4, 0.5) is 0 Å². The molecule has 1 aromatic carbocycles. The Kier molecular flexibility index (Phi) is 9.51. The van der Waals surface area contributed by atoms with E-state index in [1.807, 2.05) is 6.07 Å². The number of carbonyl (C=O) groups excluding carboxylic acids is 4. The summed E-state index contributed by atoms with van der Waals surface area (Å²) >= 11 is 0. The molecular formula is C23H30B2N2O9. The van der Waals surface area contributed by atoms with Crippen LogP contribution in [0.2, 0.25) is 0 Å². The minimum absolute atomic E-state index is 0.0683. The first kappa shape index (κ1) is 26.3. The standard InChI is InChI=1S/C23H30B2N2O9/c28-20-9-10-21(29)27(20)36-22(30)6-2-1-3-11-26-23(31)17-7-8-18(24-32-12-4-13-33-24)19(16-17)25-34-14-5-15-35-25/h7-8,16H,1-6,9-15H2,(H,26,31). The third-order valence-corrected chi connectivity index (χ3v) is 6.05. The number of benzene rings is 1. The Hall–Kier alpha value is -2.73. The number of unbranched alkanes of at least 4 members (excludes halogenated alkanes) is 2. The summed E-state index contributed by atoms with van der Waals surface area (Å²) in [6.07, 6.45) is 3.71. The average Bonchev–Trinajstić information content (AvgIpc) is 3.23. The number of carbonyl (C=O) groups is 4. The Labute approximate surface area is 210 Å². The van der Waals surface area contributed by atoms with E-state index in [0.29, 0.717) is 62.9 Å². The van der Waals surface area contributed by atoms with E-state index in [4.69, 9.17) is 23.5 Å². The minimum Gasteiger partial charge on any atom is -0.407 e. The van der Waals surface area contributed by atoms with E-state index in [2.05, 4.69) is 5.32 Å². The van der Waals surface area contributed by atoms with Crippen molar-refractivity contribution in [3.8, 4) is 0 Å². The van der Waals surface area contributed by atoms with Crippen molar-refractivity contribution in [3.63, 3.8) is 0 Å². The molecule has 4 rings (SSSR count). The Morgan fingerprint density at radius 3 is 2.11 bits per heavy atom. The van der Waals surface area contributed by atoms with Crippen LogP contribution in [0, 0.1) is 0 Å². The van der Waals surface area contributed by atoms with E-state index in [0.717, 1.165) is 23.8 Å². The van der Waals surface area contributed by atoms with E-state index in [1.165, 1.54) is 0 Å². The fourth-order valence-corrected chi connectivity index (χ4v) is 4.15. The summed E-state index contributed by atoms with van der Waals surface area (Å²) in [4.78, 5) is 52.4. The molecule has 0 saturated carbocycles. The third-order valence-electron chi connectivity index (χ3n) is 6.05. The van der Waals surface area contributed by atoms with Crippen molar-refractivity contribution < 1.29 is 42.6 Å².